The third-order valence-corrected chi connectivity index (χ3v) is 8.56. The van der Waals surface area contributed by atoms with Crippen molar-refractivity contribution in [2.24, 2.45) is 0 Å². The first-order valence-corrected chi connectivity index (χ1v) is 12.9. The van der Waals surface area contributed by atoms with Crippen molar-refractivity contribution in [2.75, 3.05) is 31.2 Å². The number of piperidine rings is 1. The first-order valence-electron chi connectivity index (χ1n) is 10.8. The Morgan fingerprint density at radius 2 is 1.68 bits per heavy atom. The summed E-state index contributed by atoms with van der Waals surface area (Å²) in [6, 6.07) is 15.5. The minimum atomic E-state index is -0.157. The summed E-state index contributed by atoms with van der Waals surface area (Å²) in [6.45, 7) is 2.09. The van der Waals surface area contributed by atoms with Gasteiger partial charge < -0.3 is 15.0 Å². The minimum absolute atomic E-state index is 0.00933. The Balaban J connectivity index is 1.25. The molecule has 2 aromatic carbocycles. The SMILES string of the molecule is O=C(COc1ccccc1C1SCCS1)NCc1ccc(C(=O)N2CCCCC2)cc1. The zero-order valence-electron chi connectivity index (χ0n) is 17.5. The van der Waals surface area contributed by atoms with Crippen molar-refractivity contribution in [2.45, 2.75) is 30.4 Å². The van der Waals surface area contributed by atoms with E-state index < -0.39 is 0 Å². The average Bonchev–Trinajstić information content (AvgIpc) is 3.37. The number of carbonyl (C=O) groups excluding carboxylic acids is 2. The third kappa shape index (κ3) is 5.98. The van der Waals surface area contributed by atoms with Crippen LogP contribution in [0.25, 0.3) is 0 Å². The molecular weight excluding hydrogens is 428 g/mol. The lowest BCUT2D eigenvalue weighted by Crippen LogP contribution is -2.35. The Labute approximate surface area is 192 Å². The molecule has 164 valence electrons. The van der Waals surface area contributed by atoms with Crippen molar-refractivity contribution < 1.29 is 14.3 Å². The Morgan fingerprint density at radius 1 is 0.968 bits per heavy atom. The number of amides is 2. The first kappa shape index (κ1) is 22.1. The number of para-hydroxylation sites is 1. The van der Waals surface area contributed by atoms with Crippen LogP contribution in [0.5, 0.6) is 5.75 Å². The van der Waals surface area contributed by atoms with E-state index in [1.807, 2.05) is 70.9 Å². The lowest BCUT2D eigenvalue weighted by Gasteiger charge is -2.26. The number of rotatable bonds is 7. The van der Waals surface area contributed by atoms with Crippen LogP contribution >= 0.6 is 23.5 Å². The molecule has 2 aromatic rings. The van der Waals surface area contributed by atoms with Gasteiger partial charge in [0.15, 0.2) is 6.61 Å². The van der Waals surface area contributed by atoms with Crippen LogP contribution < -0.4 is 10.1 Å². The molecule has 2 amide bonds. The Morgan fingerprint density at radius 3 is 2.42 bits per heavy atom. The second-order valence-corrected chi connectivity index (χ2v) is 10.5. The van der Waals surface area contributed by atoms with E-state index >= 15 is 0 Å². The Bertz CT molecular complexity index is 892. The van der Waals surface area contributed by atoms with Gasteiger partial charge in [-0.15, -0.1) is 23.5 Å². The molecule has 0 spiro atoms. The van der Waals surface area contributed by atoms with Crippen LogP contribution in [0.3, 0.4) is 0 Å². The van der Waals surface area contributed by atoms with Gasteiger partial charge in [0.05, 0.1) is 4.58 Å². The monoisotopic (exact) mass is 456 g/mol. The summed E-state index contributed by atoms with van der Waals surface area (Å²) in [5, 5.41) is 2.90. The van der Waals surface area contributed by atoms with Crippen molar-refractivity contribution in [3.63, 3.8) is 0 Å². The van der Waals surface area contributed by atoms with Gasteiger partial charge >= 0.3 is 0 Å². The predicted molar refractivity (Wildman–Crippen MR) is 128 cm³/mol. The second kappa shape index (κ2) is 11.0. The molecule has 0 bridgehead atoms. The van der Waals surface area contributed by atoms with Crippen molar-refractivity contribution in [3.05, 3.63) is 65.2 Å². The molecule has 2 aliphatic heterocycles. The number of thioether (sulfide) groups is 2. The maximum absolute atomic E-state index is 12.6. The molecule has 4 rings (SSSR count). The molecule has 1 N–H and O–H groups in total. The van der Waals surface area contributed by atoms with Crippen LogP contribution in [0.1, 0.15) is 45.3 Å². The summed E-state index contributed by atoms with van der Waals surface area (Å²) in [5.41, 5.74) is 2.82. The van der Waals surface area contributed by atoms with Gasteiger partial charge in [0.1, 0.15) is 5.75 Å². The van der Waals surface area contributed by atoms with Crippen LogP contribution in [0, 0.1) is 0 Å². The Hall–Kier alpha value is -2.12. The number of carbonyl (C=O) groups is 2. The van der Waals surface area contributed by atoms with Crippen LogP contribution in [-0.2, 0) is 11.3 Å². The van der Waals surface area contributed by atoms with Gasteiger partial charge in [-0.05, 0) is 43.0 Å². The standard InChI is InChI=1S/C24H28N2O3S2/c27-22(17-29-21-7-3-2-6-20(21)24-30-14-15-31-24)25-16-18-8-10-19(11-9-18)23(28)26-12-4-1-5-13-26/h2-3,6-11,24H,1,4-5,12-17H2,(H,25,27). The van der Waals surface area contributed by atoms with E-state index in [1.165, 1.54) is 6.42 Å². The topological polar surface area (TPSA) is 58.6 Å². The van der Waals surface area contributed by atoms with Gasteiger partial charge in [0, 0.05) is 42.3 Å². The van der Waals surface area contributed by atoms with E-state index in [0.717, 1.165) is 54.3 Å². The number of nitrogens with zero attached hydrogens (tertiary/aromatic N) is 1. The smallest absolute Gasteiger partial charge is 0.258 e. The molecule has 5 nitrogen and oxygen atoms in total. The summed E-state index contributed by atoms with van der Waals surface area (Å²) in [6.07, 6.45) is 3.37. The predicted octanol–water partition coefficient (Wildman–Crippen LogP) is 4.49. The van der Waals surface area contributed by atoms with Crippen molar-refractivity contribution in [1.29, 1.82) is 0 Å². The van der Waals surface area contributed by atoms with E-state index in [1.54, 1.807) is 0 Å². The summed E-state index contributed by atoms with van der Waals surface area (Å²) in [5.74, 6) is 3.01. The zero-order chi connectivity index (χ0) is 21.5. The lowest BCUT2D eigenvalue weighted by atomic mass is 10.1. The molecular formula is C24H28N2O3S2. The first-order chi connectivity index (χ1) is 15.2. The second-order valence-electron chi connectivity index (χ2n) is 7.73. The molecule has 0 unspecified atom stereocenters. The normalized spacial score (nSPS) is 16.8. The van der Waals surface area contributed by atoms with E-state index in [9.17, 15) is 9.59 Å². The number of likely N-dealkylation sites (tertiary alicyclic amines) is 1. The quantitative estimate of drug-likeness (QED) is 0.665. The highest BCUT2D eigenvalue weighted by Crippen LogP contribution is 2.48. The highest BCUT2D eigenvalue weighted by Gasteiger charge is 2.22. The Kier molecular flexibility index (Phi) is 7.81. The maximum atomic E-state index is 12.6. The minimum Gasteiger partial charge on any atom is -0.483 e. The van der Waals surface area contributed by atoms with Gasteiger partial charge in [-0.3, -0.25) is 9.59 Å². The average molecular weight is 457 g/mol. The molecule has 7 heteroatoms. The number of nitrogens with one attached hydrogen (secondary N) is 1. The number of hydrogen-bond donors (Lipinski definition) is 1. The van der Waals surface area contributed by atoms with E-state index in [-0.39, 0.29) is 18.4 Å². The molecule has 0 aliphatic carbocycles. The summed E-state index contributed by atoms with van der Waals surface area (Å²) in [4.78, 5) is 26.8. The van der Waals surface area contributed by atoms with Crippen LogP contribution in [0.15, 0.2) is 48.5 Å². The third-order valence-electron chi connectivity index (χ3n) is 5.49. The molecule has 2 heterocycles. The number of benzene rings is 2. The fourth-order valence-corrected chi connectivity index (χ4v) is 6.69. The van der Waals surface area contributed by atoms with Gasteiger partial charge in [0.25, 0.3) is 11.8 Å². The van der Waals surface area contributed by atoms with E-state index in [2.05, 4.69) is 11.4 Å². The van der Waals surface area contributed by atoms with Crippen LogP contribution in [0.4, 0.5) is 0 Å². The summed E-state index contributed by atoms with van der Waals surface area (Å²) < 4.78 is 6.21. The molecule has 0 radical (unpaired) electrons. The van der Waals surface area contributed by atoms with Crippen molar-refractivity contribution in [3.8, 4) is 5.75 Å². The van der Waals surface area contributed by atoms with Crippen molar-refractivity contribution in [1.82, 2.24) is 10.2 Å². The zero-order valence-corrected chi connectivity index (χ0v) is 19.2. The highest BCUT2D eigenvalue weighted by atomic mass is 32.2. The van der Waals surface area contributed by atoms with E-state index in [4.69, 9.17) is 4.74 Å². The van der Waals surface area contributed by atoms with Crippen molar-refractivity contribution >= 4 is 35.3 Å². The van der Waals surface area contributed by atoms with Crippen LogP contribution in [0.2, 0.25) is 0 Å². The van der Waals surface area contributed by atoms with Gasteiger partial charge in [0.2, 0.25) is 0 Å². The fraction of sp³-hybridized carbons (Fsp3) is 0.417. The lowest BCUT2D eigenvalue weighted by molar-refractivity contribution is -0.123. The maximum Gasteiger partial charge on any atom is 0.258 e. The molecule has 2 saturated heterocycles. The summed E-state index contributed by atoms with van der Waals surface area (Å²) in [7, 11) is 0. The van der Waals surface area contributed by atoms with E-state index in [0.29, 0.717) is 16.7 Å². The summed E-state index contributed by atoms with van der Waals surface area (Å²) >= 11 is 3.84. The van der Waals surface area contributed by atoms with Gasteiger partial charge in [-0.2, -0.15) is 0 Å². The fourth-order valence-electron chi connectivity index (χ4n) is 3.78. The van der Waals surface area contributed by atoms with Gasteiger partial charge in [-0.1, -0.05) is 30.3 Å². The molecule has 31 heavy (non-hydrogen) atoms. The van der Waals surface area contributed by atoms with Crippen LogP contribution in [-0.4, -0.2) is 47.9 Å². The highest BCUT2D eigenvalue weighted by molar-refractivity contribution is 8.19. The molecule has 2 fully saturated rings. The number of ether oxygens (including phenoxy) is 1. The molecule has 0 atom stereocenters. The molecule has 2 aliphatic rings. The molecule has 0 saturated carbocycles. The number of hydrogen-bond acceptors (Lipinski definition) is 5. The largest absolute Gasteiger partial charge is 0.483 e. The molecule has 0 aromatic heterocycles. The van der Waals surface area contributed by atoms with Gasteiger partial charge in [-0.25, -0.2) is 0 Å².